The second kappa shape index (κ2) is 5.58. The summed E-state index contributed by atoms with van der Waals surface area (Å²) >= 11 is 12.6. The molecule has 3 rings (SSSR count). The first-order chi connectivity index (χ1) is 9.20. The molecule has 1 fully saturated rings. The smallest absolute Gasteiger partial charge is 0.0703 e. The van der Waals surface area contributed by atoms with Crippen LogP contribution in [0.4, 0.5) is 0 Å². The number of nitrogens with two attached hydrogens (primary N) is 1. The molecule has 1 aromatic carbocycles. The molecular formula is C14H18Cl2N2O. The summed E-state index contributed by atoms with van der Waals surface area (Å²) in [6.07, 6.45) is 2.60. The Labute approximate surface area is 123 Å². The fourth-order valence-corrected chi connectivity index (χ4v) is 3.66. The van der Waals surface area contributed by atoms with Crippen LogP contribution in [0.25, 0.3) is 0 Å². The lowest BCUT2D eigenvalue weighted by Crippen LogP contribution is -2.34. The number of rotatable bonds is 3. The van der Waals surface area contributed by atoms with Crippen LogP contribution in [0.1, 0.15) is 30.0 Å². The molecule has 0 amide bonds. The van der Waals surface area contributed by atoms with Crippen molar-refractivity contribution in [1.82, 2.24) is 4.90 Å². The zero-order chi connectivity index (χ0) is 13.4. The first kappa shape index (κ1) is 13.7. The highest BCUT2D eigenvalue weighted by Gasteiger charge is 2.34. The number of nitrogens with zero attached hydrogens (tertiary/aromatic N) is 1. The first-order valence-corrected chi connectivity index (χ1v) is 7.48. The van der Waals surface area contributed by atoms with E-state index in [1.165, 1.54) is 0 Å². The van der Waals surface area contributed by atoms with Gasteiger partial charge in [-0.3, -0.25) is 4.90 Å². The first-order valence-electron chi connectivity index (χ1n) is 6.73. The van der Waals surface area contributed by atoms with Gasteiger partial charge < -0.3 is 10.5 Å². The molecule has 1 aromatic rings. The van der Waals surface area contributed by atoms with Gasteiger partial charge in [-0.2, -0.15) is 0 Å². The molecule has 2 unspecified atom stereocenters. The molecule has 0 saturated carbocycles. The van der Waals surface area contributed by atoms with Gasteiger partial charge in [-0.05, 0) is 36.1 Å². The van der Waals surface area contributed by atoms with Crippen LogP contribution in [0.2, 0.25) is 10.0 Å². The molecule has 0 bridgehead atoms. The zero-order valence-electron chi connectivity index (χ0n) is 10.7. The highest BCUT2D eigenvalue weighted by molar-refractivity contribution is 6.34. The van der Waals surface area contributed by atoms with Crippen molar-refractivity contribution in [3.63, 3.8) is 0 Å². The van der Waals surface area contributed by atoms with Gasteiger partial charge in [-0.1, -0.05) is 23.2 Å². The second-order valence-corrected chi connectivity index (χ2v) is 6.05. The SMILES string of the molecule is NCC1c2c(Cl)ccc(Cl)c2CN1CC1CCCO1. The standard InChI is InChI=1S/C14H18Cl2N2O/c15-11-3-4-12(16)14-10(11)8-18(13(14)6-17)7-9-2-1-5-19-9/h3-4,9,13H,1-2,5-8,17H2. The summed E-state index contributed by atoms with van der Waals surface area (Å²) in [7, 11) is 0. The molecule has 0 aromatic heterocycles. The molecular weight excluding hydrogens is 283 g/mol. The van der Waals surface area contributed by atoms with E-state index in [1.807, 2.05) is 12.1 Å². The monoisotopic (exact) mass is 300 g/mol. The van der Waals surface area contributed by atoms with Gasteiger partial charge in [0.25, 0.3) is 0 Å². The van der Waals surface area contributed by atoms with Gasteiger partial charge in [0.1, 0.15) is 0 Å². The van der Waals surface area contributed by atoms with Crippen molar-refractivity contribution in [2.75, 3.05) is 19.7 Å². The summed E-state index contributed by atoms with van der Waals surface area (Å²) in [5.41, 5.74) is 8.18. The van der Waals surface area contributed by atoms with E-state index in [1.54, 1.807) is 0 Å². The minimum Gasteiger partial charge on any atom is -0.377 e. The van der Waals surface area contributed by atoms with Crippen LogP contribution in [-0.4, -0.2) is 30.7 Å². The van der Waals surface area contributed by atoms with Gasteiger partial charge in [-0.25, -0.2) is 0 Å². The topological polar surface area (TPSA) is 38.5 Å². The summed E-state index contributed by atoms with van der Waals surface area (Å²) in [5.74, 6) is 0. The van der Waals surface area contributed by atoms with Crippen molar-refractivity contribution in [3.05, 3.63) is 33.3 Å². The van der Waals surface area contributed by atoms with Crippen molar-refractivity contribution in [1.29, 1.82) is 0 Å². The van der Waals surface area contributed by atoms with Gasteiger partial charge in [0, 0.05) is 42.3 Å². The lowest BCUT2D eigenvalue weighted by atomic mass is 10.0. The Hall–Kier alpha value is -0.320. The molecule has 19 heavy (non-hydrogen) atoms. The molecule has 2 atom stereocenters. The van der Waals surface area contributed by atoms with Crippen LogP contribution in [0.15, 0.2) is 12.1 Å². The maximum absolute atomic E-state index is 6.32. The molecule has 104 valence electrons. The molecule has 1 saturated heterocycles. The number of hydrogen-bond acceptors (Lipinski definition) is 3. The van der Waals surface area contributed by atoms with Crippen LogP contribution in [0.5, 0.6) is 0 Å². The largest absolute Gasteiger partial charge is 0.377 e. The van der Waals surface area contributed by atoms with Gasteiger partial charge >= 0.3 is 0 Å². The summed E-state index contributed by atoms with van der Waals surface area (Å²) < 4.78 is 5.72. The van der Waals surface area contributed by atoms with Crippen LogP contribution < -0.4 is 5.73 Å². The molecule has 0 aliphatic carbocycles. The summed E-state index contributed by atoms with van der Waals surface area (Å²) in [6, 6.07) is 3.89. The maximum Gasteiger partial charge on any atom is 0.0703 e. The van der Waals surface area contributed by atoms with Crippen molar-refractivity contribution < 1.29 is 4.74 Å². The van der Waals surface area contributed by atoms with E-state index in [-0.39, 0.29) is 6.04 Å². The molecule has 5 heteroatoms. The average molecular weight is 301 g/mol. The highest BCUT2D eigenvalue weighted by Crippen LogP contribution is 2.41. The third-order valence-electron chi connectivity index (χ3n) is 4.07. The third kappa shape index (κ3) is 2.50. The Kier molecular flexibility index (Phi) is 4.01. The number of hydrogen-bond donors (Lipinski definition) is 1. The zero-order valence-corrected chi connectivity index (χ0v) is 12.3. The molecule has 3 nitrogen and oxygen atoms in total. The van der Waals surface area contributed by atoms with Crippen molar-refractivity contribution in [2.45, 2.75) is 31.5 Å². The summed E-state index contributed by atoms with van der Waals surface area (Å²) in [5, 5.41) is 1.55. The Morgan fingerprint density at radius 3 is 2.79 bits per heavy atom. The van der Waals surface area contributed by atoms with Crippen molar-refractivity contribution in [3.8, 4) is 0 Å². The van der Waals surface area contributed by atoms with E-state index in [2.05, 4.69) is 4.90 Å². The van der Waals surface area contributed by atoms with E-state index in [4.69, 9.17) is 33.7 Å². The van der Waals surface area contributed by atoms with Crippen LogP contribution in [0.3, 0.4) is 0 Å². The van der Waals surface area contributed by atoms with E-state index in [9.17, 15) is 0 Å². The summed E-state index contributed by atoms with van der Waals surface area (Å²) in [4.78, 5) is 2.35. The fraction of sp³-hybridized carbons (Fsp3) is 0.571. The van der Waals surface area contributed by atoms with E-state index < -0.39 is 0 Å². The van der Waals surface area contributed by atoms with Crippen molar-refractivity contribution >= 4 is 23.2 Å². The number of halogens is 2. The molecule has 2 N–H and O–H groups in total. The van der Waals surface area contributed by atoms with E-state index >= 15 is 0 Å². The Bertz CT molecular complexity index is 475. The molecule has 0 spiro atoms. The fourth-order valence-electron chi connectivity index (χ4n) is 3.13. The molecule has 2 aliphatic heterocycles. The van der Waals surface area contributed by atoms with Gasteiger partial charge in [-0.15, -0.1) is 0 Å². The Morgan fingerprint density at radius 1 is 1.32 bits per heavy atom. The molecule has 2 aliphatic rings. The van der Waals surface area contributed by atoms with Crippen LogP contribution >= 0.6 is 23.2 Å². The highest BCUT2D eigenvalue weighted by atomic mass is 35.5. The van der Waals surface area contributed by atoms with Gasteiger partial charge in [0.15, 0.2) is 0 Å². The lowest BCUT2D eigenvalue weighted by molar-refractivity contribution is 0.0609. The number of ether oxygens (including phenoxy) is 1. The third-order valence-corrected chi connectivity index (χ3v) is 4.75. The Morgan fingerprint density at radius 2 is 2.11 bits per heavy atom. The predicted octanol–water partition coefficient (Wildman–Crippen LogP) is 2.99. The van der Waals surface area contributed by atoms with Crippen molar-refractivity contribution in [2.24, 2.45) is 5.73 Å². The van der Waals surface area contributed by atoms with Gasteiger partial charge in [0.05, 0.1) is 6.10 Å². The minimum absolute atomic E-state index is 0.158. The normalized spacial score (nSPS) is 26.9. The van der Waals surface area contributed by atoms with Gasteiger partial charge in [0.2, 0.25) is 0 Å². The predicted molar refractivity (Wildman–Crippen MR) is 77.6 cm³/mol. The quantitative estimate of drug-likeness (QED) is 0.933. The second-order valence-electron chi connectivity index (χ2n) is 5.24. The summed E-state index contributed by atoms with van der Waals surface area (Å²) in [6.45, 7) is 3.15. The van der Waals surface area contributed by atoms with Crippen LogP contribution in [-0.2, 0) is 11.3 Å². The molecule has 2 heterocycles. The minimum atomic E-state index is 0.158. The number of benzene rings is 1. The Balaban J connectivity index is 1.85. The maximum atomic E-state index is 6.32. The van der Waals surface area contributed by atoms with Crippen LogP contribution in [0, 0.1) is 0 Å². The molecule has 0 radical (unpaired) electrons. The lowest BCUT2D eigenvalue weighted by Gasteiger charge is -2.26. The van der Waals surface area contributed by atoms with E-state index in [0.29, 0.717) is 12.6 Å². The van der Waals surface area contributed by atoms with E-state index in [0.717, 1.165) is 53.7 Å². The number of fused-ring (bicyclic) bond motifs is 1. The average Bonchev–Trinajstić information content (AvgIpc) is 3.02.